The molecule has 0 amide bonds. The number of hydrogen-bond acceptors (Lipinski definition) is 5. The second kappa shape index (κ2) is 5.26. The van der Waals surface area contributed by atoms with Gasteiger partial charge >= 0.3 is 0 Å². The average molecular weight is 284 g/mol. The fourth-order valence-electron chi connectivity index (χ4n) is 2.26. The molecule has 1 heterocycles. The van der Waals surface area contributed by atoms with Gasteiger partial charge in [0, 0.05) is 24.7 Å². The van der Waals surface area contributed by atoms with E-state index >= 15 is 0 Å². The first-order valence-electron chi connectivity index (χ1n) is 6.01. The van der Waals surface area contributed by atoms with Crippen molar-refractivity contribution in [3.8, 4) is 0 Å². The molecular formula is C12H16N2O4S. The summed E-state index contributed by atoms with van der Waals surface area (Å²) in [5.41, 5.74) is 1.01. The van der Waals surface area contributed by atoms with Crippen LogP contribution in [0.15, 0.2) is 24.3 Å². The average Bonchev–Trinajstić information content (AvgIpc) is 2.70. The van der Waals surface area contributed by atoms with Gasteiger partial charge in [0.05, 0.1) is 16.4 Å². The van der Waals surface area contributed by atoms with Crippen LogP contribution in [0, 0.1) is 10.1 Å². The first kappa shape index (κ1) is 14.0. The number of non-ortho nitro benzene ring substituents is 1. The van der Waals surface area contributed by atoms with Crippen molar-refractivity contribution < 1.29 is 13.3 Å². The van der Waals surface area contributed by atoms with Crippen LogP contribution in [-0.2, 0) is 16.4 Å². The lowest BCUT2D eigenvalue weighted by atomic mass is 10.1. The molecular weight excluding hydrogens is 268 g/mol. The zero-order valence-corrected chi connectivity index (χ0v) is 11.5. The highest BCUT2D eigenvalue weighted by atomic mass is 32.2. The molecule has 1 aliphatic rings. The van der Waals surface area contributed by atoms with Crippen LogP contribution in [0.2, 0.25) is 0 Å². The summed E-state index contributed by atoms with van der Waals surface area (Å²) in [7, 11) is -1.000. The maximum absolute atomic E-state index is 11.4. The summed E-state index contributed by atoms with van der Waals surface area (Å²) in [5, 5.41) is 10.5. The first-order valence-corrected chi connectivity index (χ1v) is 7.83. The van der Waals surface area contributed by atoms with Crippen LogP contribution in [0.25, 0.3) is 0 Å². The van der Waals surface area contributed by atoms with Gasteiger partial charge in [-0.3, -0.25) is 15.0 Å². The summed E-state index contributed by atoms with van der Waals surface area (Å²) in [6, 6.07) is 6.39. The highest BCUT2D eigenvalue weighted by Crippen LogP contribution is 2.19. The quantitative estimate of drug-likeness (QED) is 0.613. The van der Waals surface area contributed by atoms with Crippen molar-refractivity contribution in [3.63, 3.8) is 0 Å². The third-order valence-corrected chi connectivity index (χ3v) is 5.16. The lowest BCUT2D eigenvalue weighted by molar-refractivity contribution is -0.384. The predicted molar refractivity (Wildman–Crippen MR) is 71.6 cm³/mol. The number of nitro benzene ring substituents is 1. The highest BCUT2D eigenvalue weighted by Gasteiger charge is 2.30. The van der Waals surface area contributed by atoms with Crippen LogP contribution in [0.3, 0.4) is 0 Å². The minimum Gasteiger partial charge on any atom is -0.298 e. The summed E-state index contributed by atoms with van der Waals surface area (Å²) in [5.74, 6) is 0.457. The normalized spacial score (nSPS) is 21.7. The van der Waals surface area contributed by atoms with Crippen molar-refractivity contribution in [3.05, 3.63) is 39.9 Å². The van der Waals surface area contributed by atoms with Crippen LogP contribution in [0.5, 0.6) is 0 Å². The van der Waals surface area contributed by atoms with Gasteiger partial charge in [-0.2, -0.15) is 0 Å². The summed E-state index contributed by atoms with van der Waals surface area (Å²) in [6.07, 6.45) is 0.659. The molecule has 1 fully saturated rings. The molecule has 0 aliphatic carbocycles. The molecule has 0 saturated carbocycles. The van der Waals surface area contributed by atoms with E-state index in [1.165, 1.54) is 12.1 Å². The number of rotatable bonds is 4. The Hall–Kier alpha value is -1.47. The standard InChI is InChI=1S/C12H16N2O4S/c1-13(12-6-7-19(17,18)9-12)8-10-2-4-11(5-3-10)14(15)16/h2-5,12H,6-9H2,1H3/t12-/m1/s1. The number of nitrogens with zero attached hydrogens (tertiary/aromatic N) is 2. The number of sulfone groups is 1. The molecule has 2 rings (SSSR count). The molecule has 1 aromatic rings. The smallest absolute Gasteiger partial charge is 0.269 e. The molecule has 6 nitrogen and oxygen atoms in total. The second-order valence-corrected chi connectivity index (χ2v) is 7.12. The molecule has 1 saturated heterocycles. The fourth-order valence-corrected chi connectivity index (χ4v) is 4.07. The monoisotopic (exact) mass is 284 g/mol. The Bertz CT molecular complexity index is 568. The van der Waals surface area contributed by atoms with Crippen molar-refractivity contribution in [1.29, 1.82) is 0 Å². The van der Waals surface area contributed by atoms with Gasteiger partial charge in [0.2, 0.25) is 0 Å². The molecule has 0 N–H and O–H groups in total. The Morgan fingerprint density at radius 3 is 2.47 bits per heavy atom. The van der Waals surface area contributed by atoms with Crippen LogP contribution in [-0.4, -0.2) is 42.8 Å². The van der Waals surface area contributed by atoms with Crippen LogP contribution in [0.1, 0.15) is 12.0 Å². The maximum atomic E-state index is 11.4. The molecule has 0 bridgehead atoms. The lowest BCUT2D eigenvalue weighted by Gasteiger charge is -2.22. The molecule has 1 aromatic carbocycles. The molecule has 0 unspecified atom stereocenters. The van der Waals surface area contributed by atoms with Gasteiger partial charge in [0.1, 0.15) is 0 Å². The van der Waals surface area contributed by atoms with Crippen LogP contribution >= 0.6 is 0 Å². The third kappa shape index (κ3) is 3.51. The number of hydrogen-bond donors (Lipinski definition) is 0. The summed E-state index contributed by atoms with van der Waals surface area (Å²) >= 11 is 0. The topological polar surface area (TPSA) is 80.5 Å². The zero-order chi connectivity index (χ0) is 14.0. The van der Waals surface area contributed by atoms with Crippen molar-refractivity contribution in [2.45, 2.75) is 19.0 Å². The lowest BCUT2D eigenvalue weighted by Crippen LogP contribution is -2.32. The Kier molecular flexibility index (Phi) is 3.86. The van der Waals surface area contributed by atoms with Crippen molar-refractivity contribution in [1.82, 2.24) is 4.90 Å². The SMILES string of the molecule is CN(Cc1ccc([N+](=O)[O-])cc1)[C@@H]1CCS(=O)(=O)C1. The van der Waals surface area contributed by atoms with E-state index in [2.05, 4.69) is 0 Å². The summed E-state index contributed by atoms with van der Waals surface area (Å²) in [4.78, 5) is 12.1. The van der Waals surface area contributed by atoms with E-state index in [1.54, 1.807) is 12.1 Å². The minimum atomic E-state index is -2.88. The Balaban J connectivity index is 1.99. The van der Waals surface area contributed by atoms with Crippen LogP contribution < -0.4 is 0 Å². The molecule has 1 atom stereocenters. The Morgan fingerprint density at radius 2 is 2.00 bits per heavy atom. The summed E-state index contributed by atoms with van der Waals surface area (Å²) < 4.78 is 22.8. The molecule has 0 spiro atoms. The number of benzene rings is 1. The molecule has 1 aliphatic heterocycles. The third-order valence-electron chi connectivity index (χ3n) is 3.41. The molecule has 7 heteroatoms. The van der Waals surface area contributed by atoms with E-state index in [0.717, 1.165) is 5.56 Å². The maximum Gasteiger partial charge on any atom is 0.269 e. The molecule has 104 valence electrons. The van der Waals surface area contributed by atoms with Gasteiger partial charge in [0.15, 0.2) is 9.84 Å². The Morgan fingerprint density at radius 1 is 1.37 bits per heavy atom. The molecule has 19 heavy (non-hydrogen) atoms. The largest absolute Gasteiger partial charge is 0.298 e. The Labute approximate surface area is 112 Å². The van der Waals surface area contributed by atoms with Crippen molar-refractivity contribution in [2.24, 2.45) is 0 Å². The first-order chi connectivity index (χ1) is 8.87. The van der Waals surface area contributed by atoms with E-state index in [0.29, 0.717) is 13.0 Å². The van der Waals surface area contributed by atoms with Gasteiger partial charge < -0.3 is 0 Å². The van der Waals surface area contributed by atoms with Crippen LogP contribution in [0.4, 0.5) is 5.69 Å². The van der Waals surface area contributed by atoms with E-state index in [4.69, 9.17) is 0 Å². The van der Waals surface area contributed by atoms with E-state index in [9.17, 15) is 18.5 Å². The second-order valence-electron chi connectivity index (χ2n) is 4.90. The molecule has 0 radical (unpaired) electrons. The van der Waals surface area contributed by atoms with Gasteiger partial charge in [-0.25, -0.2) is 8.42 Å². The van der Waals surface area contributed by atoms with E-state index in [-0.39, 0.29) is 23.2 Å². The van der Waals surface area contributed by atoms with Crippen molar-refractivity contribution >= 4 is 15.5 Å². The van der Waals surface area contributed by atoms with Gasteiger partial charge in [-0.05, 0) is 19.0 Å². The predicted octanol–water partition coefficient (Wildman–Crippen LogP) is 1.21. The van der Waals surface area contributed by atoms with Gasteiger partial charge in [0.25, 0.3) is 5.69 Å². The van der Waals surface area contributed by atoms with Gasteiger partial charge in [-0.15, -0.1) is 0 Å². The van der Waals surface area contributed by atoms with Gasteiger partial charge in [-0.1, -0.05) is 12.1 Å². The molecule has 0 aromatic heterocycles. The fraction of sp³-hybridized carbons (Fsp3) is 0.500. The van der Waals surface area contributed by atoms with E-state index in [1.807, 2.05) is 11.9 Å². The minimum absolute atomic E-state index is 0.0418. The number of nitro groups is 1. The summed E-state index contributed by atoms with van der Waals surface area (Å²) in [6.45, 7) is 0.595. The van der Waals surface area contributed by atoms with Crippen molar-refractivity contribution in [2.75, 3.05) is 18.6 Å². The highest BCUT2D eigenvalue weighted by molar-refractivity contribution is 7.91. The van der Waals surface area contributed by atoms with E-state index < -0.39 is 14.8 Å². The zero-order valence-electron chi connectivity index (χ0n) is 10.7.